The van der Waals surface area contributed by atoms with E-state index in [1.807, 2.05) is 0 Å². The van der Waals surface area contributed by atoms with Gasteiger partial charge in [-0.25, -0.2) is 5.43 Å². The molecule has 0 saturated carbocycles. The van der Waals surface area contributed by atoms with Gasteiger partial charge >= 0.3 is 0 Å². The third-order valence-corrected chi connectivity index (χ3v) is 1.72. The molecule has 0 aliphatic heterocycles. The van der Waals surface area contributed by atoms with Crippen LogP contribution in [0.4, 0.5) is 5.69 Å². The van der Waals surface area contributed by atoms with Crippen LogP contribution in [0.25, 0.3) is 0 Å². The van der Waals surface area contributed by atoms with Gasteiger partial charge in [0.2, 0.25) is 0 Å². The molecule has 0 atom stereocenters. The lowest BCUT2D eigenvalue weighted by molar-refractivity contribution is -0.384. The highest BCUT2D eigenvalue weighted by atomic mass is 16.6. The van der Waals surface area contributed by atoms with E-state index in [2.05, 4.69) is 10.5 Å². The molecule has 0 saturated heterocycles. The summed E-state index contributed by atoms with van der Waals surface area (Å²) in [5, 5.41) is 22.3. The summed E-state index contributed by atoms with van der Waals surface area (Å²) in [6.07, 6.45) is 0.981. The summed E-state index contributed by atoms with van der Waals surface area (Å²) < 4.78 is 0. The number of carbonyl (C=O) groups excluding carboxylic acids is 1. The van der Waals surface area contributed by atoms with Gasteiger partial charge in [0, 0.05) is 17.7 Å². The molecule has 1 aromatic carbocycles. The van der Waals surface area contributed by atoms with Crippen LogP contribution in [0.1, 0.15) is 12.0 Å². The Morgan fingerprint density at radius 2 is 2.41 bits per heavy atom. The average Bonchev–Trinajstić information content (AvgIpc) is 2.30. The summed E-state index contributed by atoms with van der Waals surface area (Å²) >= 11 is 0. The predicted octanol–water partition coefficient (Wildman–Crippen LogP) is 0.959. The summed E-state index contributed by atoms with van der Waals surface area (Å²) in [6.45, 7) is 0. The summed E-state index contributed by atoms with van der Waals surface area (Å²) in [5.74, 6) is -0.533. The molecule has 1 aromatic rings. The van der Waals surface area contributed by atoms with Gasteiger partial charge in [-0.15, -0.1) is 0 Å². The summed E-state index contributed by atoms with van der Waals surface area (Å²) in [4.78, 5) is 20.8. The minimum Gasteiger partial charge on any atom is -0.272 e. The molecule has 7 nitrogen and oxygen atoms in total. The van der Waals surface area contributed by atoms with Crippen molar-refractivity contribution < 1.29 is 9.72 Å². The summed E-state index contributed by atoms with van der Waals surface area (Å²) in [5.41, 5.74) is 2.54. The molecule has 1 amide bonds. The fourth-order valence-electron chi connectivity index (χ4n) is 1.01. The first-order valence-corrected chi connectivity index (χ1v) is 4.57. The standard InChI is InChI=1S/C10H8N4O3/c11-5-4-10(15)13-12-7-8-2-1-3-9(6-8)14(16)17/h1-3,6-7H,4H2,(H,13,15)/b12-7+. The number of benzene rings is 1. The largest absolute Gasteiger partial charge is 0.272 e. The zero-order chi connectivity index (χ0) is 12.7. The molecule has 0 aliphatic carbocycles. The second kappa shape index (κ2) is 5.97. The number of amides is 1. The fourth-order valence-corrected chi connectivity index (χ4v) is 1.01. The van der Waals surface area contributed by atoms with Crippen LogP contribution in [0.15, 0.2) is 29.4 Å². The van der Waals surface area contributed by atoms with Gasteiger partial charge in [0.05, 0.1) is 17.2 Å². The van der Waals surface area contributed by atoms with E-state index >= 15 is 0 Å². The molecule has 0 spiro atoms. The smallest absolute Gasteiger partial charge is 0.270 e. The topological polar surface area (TPSA) is 108 Å². The highest BCUT2D eigenvalue weighted by Gasteiger charge is 2.03. The van der Waals surface area contributed by atoms with Gasteiger partial charge in [-0.1, -0.05) is 12.1 Å². The van der Waals surface area contributed by atoms with Crippen LogP contribution >= 0.6 is 0 Å². The van der Waals surface area contributed by atoms with Gasteiger partial charge in [0.15, 0.2) is 0 Å². The van der Waals surface area contributed by atoms with Gasteiger partial charge < -0.3 is 0 Å². The van der Waals surface area contributed by atoms with E-state index in [1.54, 1.807) is 12.1 Å². The number of nitrogens with one attached hydrogen (secondary N) is 1. The number of nitrogens with zero attached hydrogens (tertiary/aromatic N) is 3. The third-order valence-electron chi connectivity index (χ3n) is 1.72. The SMILES string of the molecule is N#CCC(=O)N/N=C/c1cccc([N+](=O)[O-])c1. The molecule has 0 radical (unpaired) electrons. The van der Waals surface area contributed by atoms with Crippen LogP contribution in [0.5, 0.6) is 0 Å². The van der Waals surface area contributed by atoms with E-state index in [4.69, 9.17) is 5.26 Å². The molecule has 1 rings (SSSR count). The summed E-state index contributed by atoms with van der Waals surface area (Å²) in [6, 6.07) is 7.45. The van der Waals surface area contributed by atoms with Crippen molar-refractivity contribution in [2.75, 3.05) is 0 Å². The number of nitro groups is 1. The molecule has 0 bridgehead atoms. The van der Waals surface area contributed by atoms with Gasteiger partial charge in [-0.2, -0.15) is 10.4 Å². The normalized spacial score (nSPS) is 9.82. The number of hydrazone groups is 1. The van der Waals surface area contributed by atoms with Crippen molar-refractivity contribution in [2.45, 2.75) is 6.42 Å². The maximum Gasteiger partial charge on any atom is 0.270 e. The van der Waals surface area contributed by atoms with E-state index in [0.29, 0.717) is 5.56 Å². The highest BCUT2D eigenvalue weighted by molar-refractivity contribution is 5.83. The zero-order valence-corrected chi connectivity index (χ0v) is 8.66. The minimum atomic E-state index is -0.533. The molecule has 86 valence electrons. The van der Waals surface area contributed by atoms with Crippen molar-refractivity contribution in [1.29, 1.82) is 5.26 Å². The Hall–Kier alpha value is -2.75. The Bertz CT molecular complexity index is 505. The number of rotatable bonds is 4. The van der Waals surface area contributed by atoms with Crippen LogP contribution in [0.2, 0.25) is 0 Å². The molecule has 7 heteroatoms. The zero-order valence-electron chi connectivity index (χ0n) is 8.66. The third kappa shape index (κ3) is 4.09. The van der Waals surface area contributed by atoms with Gasteiger partial charge in [-0.3, -0.25) is 14.9 Å². The Morgan fingerprint density at radius 3 is 3.06 bits per heavy atom. The Balaban J connectivity index is 2.66. The number of nitro benzene ring substituents is 1. The van der Waals surface area contributed by atoms with E-state index < -0.39 is 10.8 Å². The van der Waals surface area contributed by atoms with Crippen LogP contribution < -0.4 is 5.43 Å². The number of non-ortho nitro benzene ring substituents is 1. The van der Waals surface area contributed by atoms with Crippen molar-refractivity contribution >= 4 is 17.8 Å². The molecule has 0 fully saturated rings. The maximum absolute atomic E-state index is 10.9. The molecule has 0 aliphatic rings. The van der Waals surface area contributed by atoms with E-state index in [1.165, 1.54) is 24.4 Å². The highest BCUT2D eigenvalue weighted by Crippen LogP contribution is 2.11. The van der Waals surface area contributed by atoms with Gasteiger partial charge in [-0.05, 0) is 0 Å². The molecular formula is C10H8N4O3. The first-order chi connectivity index (χ1) is 8.13. The van der Waals surface area contributed by atoms with Crippen molar-refractivity contribution in [2.24, 2.45) is 5.10 Å². The fraction of sp³-hybridized carbons (Fsp3) is 0.100. The second-order valence-corrected chi connectivity index (χ2v) is 2.98. The number of carbonyl (C=O) groups is 1. The first kappa shape index (κ1) is 12.3. The Kier molecular flexibility index (Phi) is 4.33. The second-order valence-electron chi connectivity index (χ2n) is 2.98. The quantitative estimate of drug-likeness (QED) is 0.473. The van der Waals surface area contributed by atoms with Crippen LogP contribution in [-0.2, 0) is 4.79 Å². The van der Waals surface area contributed by atoms with Gasteiger partial charge in [0.25, 0.3) is 11.6 Å². The lowest BCUT2D eigenvalue weighted by atomic mass is 10.2. The van der Waals surface area contributed by atoms with Crippen LogP contribution in [0.3, 0.4) is 0 Å². The summed E-state index contributed by atoms with van der Waals surface area (Å²) in [7, 11) is 0. The Morgan fingerprint density at radius 1 is 1.65 bits per heavy atom. The predicted molar refractivity (Wildman–Crippen MR) is 59.1 cm³/mol. The van der Waals surface area contributed by atoms with E-state index in [9.17, 15) is 14.9 Å². The molecule has 1 N–H and O–H groups in total. The molecule has 17 heavy (non-hydrogen) atoms. The number of hydrogen-bond donors (Lipinski definition) is 1. The number of nitriles is 1. The maximum atomic E-state index is 10.9. The van der Waals surface area contributed by atoms with Crippen LogP contribution in [-0.4, -0.2) is 17.0 Å². The molecular weight excluding hydrogens is 224 g/mol. The lowest BCUT2D eigenvalue weighted by Crippen LogP contribution is -2.16. The van der Waals surface area contributed by atoms with Gasteiger partial charge in [0.1, 0.15) is 6.42 Å². The first-order valence-electron chi connectivity index (χ1n) is 4.57. The van der Waals surface area contributed by atoms with Crippen molar-refractivity contribution in [3.8, 4) is 6.07 Å². The molecule has 0 heterocycles. The lowest BCUT2D eigenvalue weighted by Gasteiger charge is -1.95. The molecule has 0 unspecified atom stereocenters. The van der Waals surface area contributed by atoms with Crippen molar-refractivity contribution in [3.63, 3.8) is 0 Å². The molecule has 0 aromatic heterocycles. The van der Waals surface area contributed by atoms with Crippen molar-refractivity contribution in [3.05, 3.63) is 39.9 Å². The van der Waals surface area contributed by atoms with Crippen LogP contribution in [0, 0.1) is 21.4 Å². The monoisotopic (exact) mass is 232 g/mol. The van der Waals surface area contributed by atoms with E-state index in [-0.39, 0.29) is 12.1 Å². The minimum absolute atomic E-state index is 0.0581. The van der Waals surface area contributed by atoms with E-state index in [0.717, 1.165) is 0 Å². The van der Waals surface area contributed by atoms with Crippen molar-refractivity contribution in [1.82, 2.24) is 5.43 Å². The Labute approximate surface area is 96.5 Å². The number of hydrogen-bond acceptors (Lipinski definition) is 5. The average molecular weight is 232 g/mol.